The average molecular weight is 460 g/mol. The maximum atomic E-state index is 10.5. The lowest BCUT2D eigenvalue weighted by Crippen LogP contribution is -2.33. The number of aromatic nitrogens is 1. The molecule has 1 unspecified atom stereocenters. The van der Waals surface area contributed by atoms with Crippen molar-refractivity contribution in [2.24, 2.45) is 0 Å². The summed E-state index contributed by atoms with van der Waals surface area (Å²) in [6.45, 7) is 4.48. The van der Waals surface area contributed by atoms with Gasteiger partial charge in [-0.25, -0.2) is 4.98 Å². The summed E-state index contributed by atoms with van der Waals surface area (Å²) in [6, 6.07) is 9.43. The van der Waals surface area contributed by atoms with E-state index < -0.39 is 5.97 Å². The highest BCUT2D eigenvalue weighted by molar-refractivity contribution is 5.66. The van der Waals surface area contributed by atoms with Gasteiger partial charge in [0.2, 0.25) is 5.88 Å². The molecule has 2 N–H and O–H groups in total. The molecule has 180 valence electrons. The predicted molar refractivity (Wildman–Crippen MR) is 122 cm³/mol. The Morgan fingerprint density at radius 2 is 1.97 bits per heavy atom. The van der Waals surface area contributed by atoms with Gasteiger partial charge in [-0.3, -0.25) is 4.79 Å². The smallest absolute Gasteiger partial charge is 0.303 e. The van der Waals surface area contributed by atoms with Crippen molar-refractivity contribution in [1.29, 1.82) is 0 Å². The highest BCUT2D eigenvalue weighted by atomic mass is 16.6. The van der Waals surface area contributed by atoms with Gasteiger partial charge in [0.25, 0.3) is 0 Å². The van der Waals surface area contributed by atoms with Gasteiger partial charge in [0.1, 0.15) is 24.2 Å². The minimum Gasteiger partial charge on any atom is -0.507 e. The summed E-state index contributed by atoms with van der Waals surface area (Å²) in [7, 11) is 0. The van der Waals surface area contributed by atoms with Crippen LogP contribution >= 0.6 is 0 Å². The third-order valence-electron chi connectivity index (χ3n) is 5.45. The number of hydrogen-bond acceptors (Lipinski definition) is 7. The number of unbranched alkanes of at least 4 members (excludes halogenated alkanes) is 1. The minimum absolute atomic E-state index is 0.130. The lowest BCUT2D eigenvalue weighted by Gasteiger charge is -2.23. The zero-order valence-corrected chi connectivity index (χ0v) is 19.1. The summed E-state index contributed by atoms with van der Waals surface area (Å²) >= 11 is 0. The van der Waals surface area contributed by atoms with E-state index in [-0.39, 0.29) is 18.3 Å². The first kappa shape index (κ1) is 24.8. The Morgan fingerprint density at radius 3 is 2.67 bits per heavy atom. The number of carboxylic acid groups (broad SMARTS) is 1. The van der Waals surface area contributed by atoms with Crippen LogP contribution in [0.15, 0.2) is 30.3 Å². The number of aryl methyl sites for hydroxylation is 2. The third kappa shape index (κ3) is 8.22. The van der Waals surface area contributed by atoms with Crippen molar-refractivity contribution >= 4 is 5.97 Å². The third-order valence-corrected chi connectivity index (χ3v) is 5.45. The molecule has 3 rings (SSSR count). The van der Waals surface area contributed by atoms with Crippen LogP contribution in [-0.4, -0.2) is 60.3 Å². The molecule has 1 fully saturated rings. The number of benzene rings is 1. The summed E-state index contributed by atoms with van der Waals surface area (Å²) in [5, 5.41) is 19.1. The standard InChI is InChI=1S/C25H33NO7/c1-2-21-22(26-24(15-23(21)27)33-17-20-16-30-13-14-32-20)11-8-18-6-9-19(10-7-18)31-12-4-3-5-25(28)29/h6-7,9-10,15,20H,2-5,8,11-14,16-17H2,1H3,(H,26,27)(H,28,29). The average Bonchev–Trinajstić information content (AvgIpc) is 2.82. The molecule has 0 aliphatic carbocycles. The highest BCUT2D eigenvalue weighted by Crippen LogP contribution is 2.27. The fraction of sp³-hybridized carbons (Fsp3) is 0.520. The number of ether oxygens (including phenoxy) is 4. The molecular weight excluding hydrogens is 426 g/mol. The fourth-order valence-corrected chi connectivity index (χ4v) is 3.65. The molecule has 0 amide bonds. The van der Waals surface area contributed by atoms with E-state index in [1.54, 1.807) is 6.07 Å². The number of carbonyl (C=O) groups is 1. The van der Waals surface area contributed by atoms with Crippen molar-refractivity contribution in [1.82, 2.24) is 4.98 Å². The van der Waals surface area contributed by atoms with E-state index in [1.807, 2.05) is 31.2 Å². The molecule has 0 radical (unpaired) electrons. The van der Waals surface area contributed by atoms with Crippen molar-refractivity contribution in [3.05, 3.63) is 47.2 Å². The molecule has 1 saturated heterocycles. The maximum absolute atomic E-state index is 10.5. The number of aromatic hydroxyl groups is 1. The maximum Gasteiger partial charge on any atom is 0.303 e. The van der Waals surface area contributed by atoms with Gasteiger partial charge in [0, 0.05) is 18.1 Å². The van der Waals surface area contributed by atoms with Crippen molar-refractivity contribution in [2.45, 2.75) is 51.6 Å². The van der Waals surface area contributed by atoms with Gasteiger partial charge in [0.05, 0.1) is 32.1 Å². The topological polar surface area (TPSA) is 107 Å². The van der Waals surface area contributed by atoms with Gasteiger partial charge in [-0.15, -0.1) is 0 Å². The number of hydrogen-bond donors (Lipinski definition) is 2. The highest BCUT2D eigenvalue weighted by Gasteiger charge is 2.17. The Morgan fingerprint density at radius 1 is 1.15 bits per heavy atom. The first-order chi connectivity index (χ1) is 16.0. The molecule has 2 heterocycles. The lowest BCUT2D eigenvalue weighted by molar-refractivity contribution is -0.137. The van der Waals surface area contributed by atoms with Gasteiger partial charge < -0.3 is 29.2 Å². The fourth-order valence-electron chi connectivity index (χ4n) is 3.65. The molecule has 0 bridgehead atoms. The van der Waals surface area contributed by atoms with Crippen LogP contribution in [0.4, 0.5) is 0 Å². The zero-order chi connectivity index (χ0) is 23.5. The molecule has 8 nitrogen and oxygen atoms in total. The molecule has 1 aromatic heterocycles. The van der Waals surface area contributed by atoms with Crippen molar-refractivity contribution in [3.63, 3.8) is 0 Å². The van der Waals surface area contributed by atoms with Crippen LogP contribution in [0.3, 0.4) is 0 Å². The number of rotatable bonds is 13. The summed E-state index contributed by atoms with van der Waals surface area (Å²) < 4.78 is 22.4. The molecule has 0 spiro atoms. The second-order valence-electron chi connectivity index (χ2n) is 7.98. The van der Waals surface area contributed by atoms with Crippen LogP contribution < -0.4 is 9.47 Å². The van der Waals surface area contributed by atoms with E-state index in [0.29, 0.717) is 64.6 Å². The second-order valence-corrected chi connectivity index (χ2v) is 7.98. The summed E-state index contributed by atoms with van der Waals surface area (Å²) in [5.41, 5.74) is 2.80. The lowest BCUT2D eigenvalue weighted by atomic mass is 10.0. The molecule has 1 aromatic carbocycles. The van der Waals surface area contributed by atoms with Crippen LogP contribution in [0.5, 0.6) is 17.4 Å². The quantitative estimate of drug-likeness (QED) is 0.438. The van der Waals surface area contributed by atoms with Gasteiger partial charge >= 0.3 is 5.97 Å². The molecular formula is C25H33NO7. The van der Waals surface area contributed by atoms with Gasteiger partial charge in [-0.1, -0.05) is 19.1 Å². The van der Waals surface area contributed by atoms with E-state index >= 15 is 0 Å². The van der Waals surface area contributed by atoms with Crippen molar-refractivity contribution in [2.75, 3.05) is 33.0 Å². The van der Waals surface area contributed by atoms with E-state index in [4.69, 9.17) is 24.1 Å². The van der Waals surface area contributed by atoms with Gasteiger partial charge in [-0.2, -0.15) is 0 Å². The van der Waals surface area contributed by atoms with Crippen molar-refractivity contribution < 1.29 is 34.0 Å². The number of carboxylic acids is 1. The minimum atomic E-state index is -0.779. The zero-order valence-electron chi connectivity index (χ0n) is 19.1. The molecule has 2 aromatic rings. The first-order valence-electron chi connectivity index (χ1n) is 11.5. The molecule has 0 saturated carbocycles. The number of pyridine rings is 1. The van der Waals surface area contributed by atoms with E-state index in [2.05, 4.69) is 4.98 Å². The van der Waals surface area contributed by atoms with E-state index in [0.717, 1.165) is 29.0 Å². The van der Waals surface area contributed by atoms with Crippen molar-refractivity contribution in [3.8, 4) is 17.4 Å². The normalized spacial score (nSPS) is 15.8. The Labute approximate surface area is 194 Å². The van der Waals surface area contributed by atoms with E-state index in [1.165, 1.54) is 0 Å². The molecule has 33 heavy (non-hydrogen) atoms. The Kier molecular flexibility index (Phi) is 9.77. The summed E-state index contributed by atoms with van der Waals surface area (Å²) in [4.78, 5) is 15.2. The predicted octanol–water partition coefficient (Wildman–Crippen LogP) is 3.56. The number of nitrogens with zero attached hydrogens (tertiary/aromatic N) is 1. The first-order valence-corrected chi connectivity index (χ1v) is 11.5. The van der Waals surface area contributed by atoms with Gasteiger partial charge in [0.15, 0.2) is 0 Å². The van der Waals surface area contributed by atoms with Crippen LogP contribution in [0, 0.1) is 0 Å². The van der Waals surface area contributed by atoms with Crippen LogP contribution in [0.1, 0.15) is 43.0 Å². The largest absolute Gasteiger partial charge is 0.507 e. The van der Waals surface area contributed by atoms with Crippen LogP contribution in [-0.2, 0) is 33.5 Å². The van der Waals surface area contributed by atoms with Crippen LogP contribution in [0.2, 0.25) is 0 Å². The molecule has 1 aliphatic rings. The Bertz CT molecular complexity index is 879. The Balaban J connectivity index is 1.52. The van der Waals surface area contributed by atoms with E-state index in [9.17, 15) is 9.90 Å². The molecule has 1 atom stereocenters. The molecule has 1 aliphatic heterocycles. The van der Waals surface area contributed by atoms with Crippen LogP contribution in [0.25, 0.3) is 0 Å². The summed E-state index contributed by atoms with van der Waals surface area (Å²) in [5.74, 6) is 0.576. The second kappa shape index (κ2) is 13.0. The van der Waals surface area contributed by atoms with Gasteiger partial charge in [-0.05, 0) is 49.8 Å². The Hall–Kier alpha value is -2.84. The monoisotopic (exact) mass is 459 g/mol. The summed E-state index contributed by atoms with van der Waals surface area (Å²) in [6.07, 6.45) is 3.48. The molecule has 8 heteroatoms. The SMILES string of the molecule is CCc1c(O)cc(OCC2COCCO2)nc1CCc1ccc(OCCCCC(=O)O)cc1. The number of aliphatic carboxylic acids is 1.